The van der Waals surface area contributed by atoms with Crippen LogP contribution >= 0.6 is 23.2 Å². The van der Waals surface area contributed by atoms with Gasteiger partial charge in [0.25, 0.3) is 5.91 Å². The van der Waals surface area contributed by atoms with Crippen LogP contribution < -0.4 is 10.1 Å². The Morgan fingerprint density at radius 2 is 1.79 bits per heavy atom. The van der Waals surface area contributed by atoms with E-state index in [9.17, 15) is 10.1 Å². The summed E-state index contributed by atoms with van der Waals surface area (Å²) in [7, 11) is 0. The van der Waals surface area contributed by atoms with E-state index in [1.165, 1.54) is 30.9 Å². The summed E-state index contributed by atoms with van der Waals surface area (Å²) in [5, 5.41) is 13.3. The number of carbonyl (C=O) groups is 1. The molecule has 2 aromatic carbocycles. The third kappa shape index (κ3) is 8.83. The highest BCUT2D eigenvalue weighted by Crippen LogP contribution is 2.24. The predicted molar refractivity (Wildman–Crippen MR) is 156 cm³/mol. The monoisotopic (exact) mass is 562 g/mol. The molecule has 1 aliphatic heterocycles. The van der Waals surface area contributed by atoms with Gasteiger partial charge in [0.05, 0.1) is 16.8 Å². The van der Waals surface area contributed by atoms with Gasteiger partial charge in [-0.1, -0.05) is 72.1 Å². The number of nitrogens with one attached hydrogen (secondary N) is 1. The van der Waals surface area contributed by atoms with Crippen molar-refractivity contribution in [1.82, 2.24) is 15.2 Å². The minimum Gasteiger partial charge on any atom is -0.492 e. The van der Waals surface area contributed by atoms with Crippen molar-refractivity contribution >= 4 is 35.2 Å². The van der Waals surface area contributed by atoms with Crippen LogP contribution in [-0.2, 0) is 11.2 Å². The molecule has 1 unspecified atom stereocenters. The van der Waals surface area contributed by atoms with Gasteiger partial charge >= 0.3 is 0 Å². The van der Waals surface area contributed by atoms with Crippen molar-refractivity contribution in [2.45, 2.75) is 38.1 Å². The Kier molecular flexibility index (Phi) is 10.8. The van der Waals surface area contributed by atoms with E-state index in [1.54, 1.807) is 12.1 Å². The number of nitriles is 1. The van der Waals surface area contributed by atoms with Crippen LogP contribution in [0.1, 0.15) is 48.5 Å². The fraction of sp³-hybridized carbons (Fsp3) is 0.323. The standard InChI is InChI=1S/C31H32Cl2N4O2/c32-27-14-16-30(33)35-29(27)21-25(22-34)31(38)36-28(15-9-23-7-3-1-4-8-23)24-10-12-26(13-11-24)39-20-19-37-17-5-2-6-18-37/h1,3-4,7-8,10-14,16,21,28H,2,5-6,9,15,17-20H2,(H,36,38)/b25-21+. The third-order valence-corrected chi connectivity index (χ3v) is 7.29. The number of carbonyl (C=O) groups excluding carboxylic acids is 1. The average molecular weight is 564 g/mol. The maximum absolute atomic E-state index is 13.2. The zero-order valence-corrected chi connectivity index (χ0v) is 23.3. The Balaban J connectivity index is 1.46. The summed E-state index contributed by atoms with van der Waals surface area (Å²) in [5.41, 5.74) is 2.26. The molecular weight excluding hydrogens is 531 g/mol. The smallest absolute Gasteiger partial charge is 0.262 e. The summed E-state index contributed by atoms with van der Waals surface area (Å²) in [6.45, 7) is 3.85. The summed E-state index contributed by atoms with van der Waals surface area (Å²) in [6.07, 6.45) is 6.61. The van der Waals surface area contributed by atoms with Gasteiger partial charge in [-0.2, -0.15) is 5.26 Å². The van der Waals surface area contributed by atoms with E-state index >= 15 is 0 Å². The Labute approximate surface area is 240 Å². The predicted octanol–water partition coefficient (Wildman–Crippen LogP) is 6.65. The second-order valence-electron chi connectivity index (χ2n) is 9.54. The van der Waals surface area contributed by atoms with Crippen LogP contribution in [-0.4, -0.2) is 42.0 Å². The lowest BCUT2D eigenvalue weighted by atomic mass is 9.98. The van der Waals surface area contributed by atoms with Crippen molar-refractivity contribution in [1.29, 1.82) is 5.26 Å². The molecule has 3 aromatic rings. The number of amides is 1. The average Bonchev–Trinajstić information content (AvgIpc) is 2.97. The van der Waals surface area contributed by atoms with Crippen molar-refractivity contribution in [3.05, 3.63) is 99.3 Å². The highest BCUT2D eigenvalue weighted by atomic mass is 35.5. The van der Waals surface area contributed by atoms with Crippen molar-refractivity contribution in [3.63, 3.8) is 0 Å². The number of pyridine rings is 1. The molecule has 1 amide bonds. The van der Waals surface area contributed by atoms with Crippen LogP contribution in [0.3, 0.4) is 0 Å². The number of aryl methyl sites for hydroxylation is 1. The quantitative estimate of drug-likeness (QED) is 0.161. The number of halogens is 2. The Hall–Kier alpha value is -3.37. The lowest BCUT2D eigenvalue weighted by Crippen LogP contribution is -2.33. The fourth-order valence-electron chi connectivity index (χ4n) is 4.61. The van der Waals surface area contributed by atoms with Crippen molar-refractivity contribution in [3.8, 4) is 11.8 Å². The molecule has 0 aliphatic carbocycles. The molecule has 1 fully saturated rings. The number of ether oxygens (including phenoxy) is 1. The van der Waals surface area contributed by atoms with E-state index in [2.05, 4.69) is 27.3 Å². The Bertz CT molecular complexity index is 1300. The summed E-state index contributed by atoms with van der Waals surface area (Å²) < 4.78 is 5.99. The molecular formula is C31H32Cl2N4O2. The van der Waals surface area contributed by atoms with Gasteiger partial charge in [-0.3, -0.25) is 9.69 Å². The molecule has 0 saturated carbocycles. The third-order valence-electron chi connectivity index (χ3n) is 6.76. The highest BCUT2D eigenvalue weighted by molar-refractivity contribution is 6.33. The number of benzene rings is 2. The number of rotatable bonds is 11. The minimum absolute atomic E-state index is 0.103. The van der Waals surface area contributed by atoms with Crippen LogP contribution in [0.5, 0.6) is 5.75 Å². The lowest BCUT2D eigenvalue weighted by molar-refractivity contribution is -0.117. The number of nitrogens with zero attached hydrogens (tertiary/aromatic N) is 3. The molecule has 0 spiro atoms. The fourth-order valence-corrected chi connectivity index (χ4v) is 4.92. The van der Waals surface area contributed by atoms with Gasteiger partial charge in [-0.15, -0.1) is 0 Å². The van der Waals surface area contributed by atoms with Crippen LogP contribution in [0.15, 0.2) is 72.3 Å². The molecule has 1 N–H and O–H groups in total. The van der Waals surface area contributed by atoms with E-state index in [0.717, 1.165) is 37.4 Å². The minimum atomic E-state index is -0.504. The van der Waals surface area contributed by atoms with Crippen LogP contribution in [0.25, 0.3) is 6.08 Å². The molecule has 6 nitrogen and oxygen atoms in total. The van der Waals surface area contributed by atoms with Crippen LogP contribution in [0.4, 0.5) is 0 Å². The van der Waals surface area contributed by atoms with Gasteiger partial charge in [0, 0.05) is 6.54 Å². The number of likely N-dealkylation sites (tertiary alicyclic amines) is 1. The molecule has 202 valence electrons. The first kappa shape index (κ1) is 28.6. The van der Waals surface area contributed by atoms with Crippen LogP contribution in [0.2, 0.25) is 10.2 Å². The van der Waals surface area contributed by atoms with E-state index in [1.807, 2.05) is 48.5 Å². The molecule has 0 bridgehead atoms. The Morgan fingerprint density at radius 3 is 2.51 bits per heavy atom. The van der Waals surface area contributed by atoms with Gasteiger partial charge in [-0.25, -0.2) is 4.98 Å². The number of hydrogen-bond acceptors (Lipinski definition) is 5. The van der Waals surface area contributed by atoms with Crippen LogP contribution in [0, 0.1) is 11.3 Å². The largest absolute Gasteiger partial charge is 0.492 e. The van der Waals surface area contributed by atoms with Gasteiger partial charge in [0.15, 0.2) is 0 Å². The molecule has 2 heterocycles. The van der Waals surface area contributed by atoms with Crippen molar-refractivity contribution in [2.24, 2.45) is 0 Å². The Morgan fingerprint density at radius 1 is 1.05 bits per heavy atom. The normalized spacial score (nSPS) is 14.8. The zero-order chi connectivity index (χ0) is 27.5. The summed E-state index contributed by atoms with van der Waals surface area (Å²) in [4.78, 5) is 19.8. The molecule has 39 heavy (non-hydrogen) atoms. The molecule has 1 saturated heterocycles. The second-order valence-corrected chi connectivity index (χ2v) is 10.3. The summed E-state index contributed by atoms with van der Waals surface area (Å²) >= 11 is 12.2. The zero-order valence-electron chi connectivity index (χ0n) is 21.8. The van der Waals surface area contributed by atoms with E-state index < -0.39 is 5.91 Å². The number of piperidine rings is 1. The maximum atomic E-state index is 13.2. The molecule has 1 aliphatic rings. The molecule has 1 aromatic heterocycles. The maximum Gasteiger partial charge on any atom is 0.262 e. The molecule has 1 atom stereocenters. The second kappa shape index (κ2) is 14.7. The van der Waals surface area contributed by atoms with E-state index in [4.69, 9.17) is 27.9 Å². The SMILES string of the molecule is N#C/C(=C\c1nc(Cl)ccc1Cl)C(=O)NC(CCc1ccccc1)c1ccc(OCCN2CCCCC2)cc1. The number of hydrogen-bond donors (Lipinski definition) is 1. The van der Waals surface area contributed by atoms with E-state index in [0.29, 0.717) is 18.1 Å². The van der Waals surface area contributed by atoms with Gasteiger partial charge in [-0.05, 0) is 80.2 Å². The first-order valence-corrected chi connectivity index (χ1v) is 14.0. The van der Waals surface area contributed by atoms with Gasteiger partial charge in [0.1, 0.15) is 29.2 Å². The van der Waals surface area contributed by atoms with Crippen molar-refractivity contribution in [2.75, 3.05) is 26.2 Å². The first-order valence-electron chi connectivity index (χ1n) is 13.3. The number of aromatic nitrogens is 1. The highest BCUT2D eigenvalue weighted by Gasteiger charge is 2.19. The van der Waals surface area contributed by atoms with Gasteiger partial charge in [0.2, 0.25) is 0 Å². The van der Waals surface area contributed by atoms with E-state index in [-0.39, 0.29) is 22.5 Å². The summed E-state index contributed by atoms with van der Waals surface area (Å²) in [5.74, 6) is 0.290. The summed E-state index contributed by atoms with van der Waals surface area (Å²) in [6, 6.07) is 22.7. The lowest BCUT2D eigenvalue weighted by Gasteiger charge is -2.26. The molecule has 8 heteroatoms. The van der Waals surface area contributed by atoms with Gasteiger partial charge < -0.3 is 10.1 Å². The molecule has 0 radical (unpaired) electrons. The first-order chi connectivity index (χ1) is 19.0. The van der Waals surface area contributed by atoms with Crippen molar-refractivity contribution < 1.29 is 9.53 Å². The molecule has 4 rings (SSSR count). The topological polar surface area (TPSA) is 78.2 Å².